The minimum absolute atomic E-state index is 0.0739. The van der Waals surface area contributed by atoms with E-state index < -0.39 is 29.9 Å². The molecule has 8 heteroatoms. The monoisotopic (exact) mass is 347 g/mol. The van der Waals surface area contributed by atoms with Gasteiger partial charge in [-0.2, -0.15) is 0 Å². The molecule has 1 amide bonds. The Labute approximate surface area is 144 Å². The molecule has 0 spiro atoms. The first-order chi connectivity index (χ1) is 11.9. The number of benzene rings is 1. The zero-order valence-electron chi connectivity index (χ0n) is 13.8. The number of nitrogens with one attached hydrogen (secondary N) is 3. The molecule has 1 aromatic carbocycles. The number of rotatable bonds is 9. The van der Waals surface area contributed by atoms with E-state index in [4.69, 9.17) is 5.11 Å². The number of likely N-dealkylation sites (N-methyl/N-ethyl adjacent to an activating group) is 1. The molecular weight excluding hydrogens is 326 g/mol. The van der Waals surface area contributed by atoms with Crippen LogP contribution in [-0.2, 0) is 20.8 Å². The highest BCUT2D eigenvalue weighted by atomic mass is 16.4. The summed E-state index contributed by atoms with van der Waals surface area (Å²) in [6.07, 6.45) is 1.88. The van der Waals surface area contributed by atoms with E-state index in [2.05, 4.69) is 15.6 Å². The standard InChI is InChI=1S/C17H21N3O5/c1-18-13(16(22)23)6-7-15(21)20-14(17(24)25)8-10-9-19-12-5-3-2-4-11(10)12/h2-5,9,13-14,18-19H,6-8H2,1H3,(H,20,21)(H,22,23)(H,24,25). The topological polar surface area (TPSA) is 132 Å². The van der Waals surface area contributed by atoms with Gasteiger partial charge in [0.05, 0.1) is 0 Å². The largest absolute Gasteiger partial charge is 0.480 e. The van der Waals surface area contributed by atoms with Crippen molar-refractivity contribution in [1.82, 2.24) is 15.6 Å². The molecule has 25 heavy (non-hydrogen) atoms. The van der Waals surface area contributed by atoms with Gasteiger partial charge in [-0.05, 0) is 25.1 Å². The van der Waals surface area contributed by atoms with Crippen LogP contribution in [0.1, 0.15) is 18.4 Å². The van der Waals surface area contributed by atoms with E-state index in [1.54, 1.807) is 6.20 Å². The second-order valence-electron chi connectivity index (χ2n) is 5.74. The molecule has 2 aromatic rings. The van der Waals surface area contributed by atoms with E-state index in [9.17, 15) is 19.5 Å². The average molecular weight is 347 g/mol. The van der Waals surface area contributed by atoms with Crippen LogP contribution in [-0.4, -0.2) is 52.2 Å². The number of carbonyl (C=O) groups is 3. The lowest BCUT2D eigenvalue weighted by molar-refractivity contribution is -0.142. The summed E-state index contributed by atoms with van der Waals surface area (Å²) in [4.78, 5) is 37.4. The van der Waals surface area contributed by atoms with Crippen LogP contribution < -0.4 is 10.6 Å². The van der Waals surface area contributed by atoms with Crippen LogP contribution in [0.4, 0.5) is 0 Å². The van der Waals surface area contributed by atoms with Crippen molar-refractivity contribution in [2.45, 2.75) is 31.3 Å². The molecule has 0 saturated heterocycles. The number of fused-ring (bicyclic) bond motifs is 1. The first-order valence-corrected chi connectivity index (χ1v) is 7.89. The summed E-state index contributed by atoms with van der Waals surface area (Å²) in [5.74, 6) is -2.68. The quantitative estimate of drug-likeness (QED) is 0.454. The van der Waals surface area contributed by atoms with Gasteiger partial charge in [0, 0.05) is 29.9 Å². The van der Waals surface area contributed by atoms with Crippen LogP contribution in [0.25, 0.3) is 10.9 Å². The highest BCUT2D eigenvalue weighted by Crippen LogP contribution is 2.19. The molecule has 134 valence electrons. The van der Waals surface area contributed by atoms with Gasteiger partial charge in [0.1, 0.15) is 12.1 Å². The van der Waals surface area contributed by atoms with E-state index >= 15 is 0 Å². The number of para-hydroxylation sites is 1. The summed E-state index contributed by atoms with van der Waals surface area (Å²) < 4.78 is 0. The number of H-pyrrole nitrogens is 1. The fourth-order valence-corrected chi connectivity index (χ4v) is 2.65. The van der Waals surface area contributed by atoms with Crippen molar-refractivity contribution in [1.29, 1.82) is 0 Å². The van der Waals surface area contributed by atoms with Crippen LogP contribution in [0, 0.1) is 0 Å². The van der Waals surface area contributed by atoms with Gasteiger partial charge in [-0.25, -0.2) is 4.79 Å². The summed E-state index contributed by atoms with van der Waals surface area (Å²) in [5.41, 5.74) is 1.69. The van der Waals surface area contributed by atoms with Crippen LogP contribution in [0.5, 0.6) is 0 Å². The van der Waals surface area contributed by atoms with Gasteiger partial charge >= 0.3 is 11.9 Å². The number of aromatic amines is 1. The first-order valence-electron chi connectivity index (χ1n) is 7.89. The van der Waals surface area contributed by atoms with Crippen LogP contribution >= 0.6 is 0 Å². The van der Waals surface area contributed by atoms with Crippen molar-refractivity contribution in [3.63, 3.8) is 0 Å². The second-order valence-corrected chi connectivity index (χ2v) is 5.74. The van der Waals surface area contributed by atoms with Crippen molar-refractivity contribution < 1.29 is 24.6 Å². The van der Waals surface area contributed by atoms with E-state index in [1.807, 2.05) is 24.3 Å². The third-order valence-corrected chi connectivity index (χ3v) is 4.04. The van der Waals surface area contributed by atoms with Gasteiger partial charge in [0.25, 0.3) is 0 Å². The zero-order chi connectivity index (χ0) is 18.4. The minimum Gasteiger partial charge on any atom is -0.480 e. The highest BCUT2D eigenvalue weighted by molar-refractivity contribution is 5.87. The molecule has 0 aliphatic rings. The molecule has 0 fully saturated rings. The maximum Gasteiger partial charge on any atom is 0.326 e. The van der Waals surface area contributed by atoms with Crippen molar-refractivity contribution >= 4 is 28.7 Å². The summed E-state index contributed by atoms with van der Waals surface area (Å²) in [6.45, 7) is 0. The van der Waals surface area contributed by atoms with Crippen LogP contribution in [0.2, 0.25) is 0 Å². The predicted octanol–water partition coefficient (Wildman–Crippen LogP) is 0.733. The Morgan fingerprint density at radius 2 is 1.80 bits per heavy atom. The molecule has 0 bridgehead atoms. The average Bonchev–Trinajstić information content (AvgIpc) is 2.97. The Hall–Kier alpha value is -2.87. The maximum absolute atomic E-state index is 12.0. The van der Waals surface area contributed by atoms with E-state index in [0.717, 1.165) is 16.5 Å². The Bertz CT molecular complexity index is 770. The van der Waals surface area contributed by atoms with Gasteiger partial charge in [-0.1, -0.05) is 18.2 Å². The van der Waals surface area contributed by atoms with Gasteiger partial charge in [-0.15, -0.1) is 0 Å². The zero-order valence-corrected chi connectivity index (χ0v) is 13.8. The van der Waals surface area contributed by atoms with E-state index in [0.29, 0.717) is 0 Å². The predicted molar refractivity (Wildman–Crippen MR) is 91.3 cm³/mol. The van der Waals surface area contributed by atoms with Crippen molar-refractivity contribution in [2.24, 2.45) is 0 Å². The van der Waals surface area contributed by atoms with Crippen molar-refractivity contribution in [3.8, 4) is 0 Å². The SMILES string of the molecule is CNC(CCC(=O)NC(Cc1c[nH]c2ccccc12)C(=O)O)C(=O)O. The third kappa shape index (κ3) is 4.80. The Kier molecular flexibility index (Phi) is 6.13. The molecule has 0 radical (unpaired) electrons. The minimum atomic E-state index is -1.14. The Morgan fingerprint density at radius 1 is 1.12 bits per heavy atom. The lowest BCUT2D eigenvalue weighted by atomic mass is 10.0. The molecule has 1 heterocycles. The molecule has 2 unspecified atom stereocenters. The van der Waals surface area contributed by atoms with Crippen molar-refractivity contribution in [2.75, 3.05) is 7.05 Å². The molecule has 1 aromatic heterocycles. The van der Waals surface area contributed by atoms with Crippen LogP contribution in [0.3, 0.4) is 0 Å². The van der Waals surface area contributed by atoms with Gasteiger partial charge < -0.3 is 25.8 Å². The molecule has 0 saturated carbocycles. The summed E-state index contributed by atoms with van der Waals surface area (Å²) in [5, 5.41) is 24.3. The number of aliphatic carboxylic acids is 2. The van der Waals surface area contributed by atoms with Crippen molar-refractivity contribution in [3.05, 3.63) is 36.0 Å². The smallest absolute Gasteiger partial charge is 0.326 e. The lowest BCUT2D eigenvalue weighted by Gasteiger charge is -2.15. The highest BCUT2D eigenvalue weighted by Gasteiger charge is 2.23. The Morgan fingerprint density at radius 3 is 2.44 bits per heavy atom. The second kappa shape index (κ2) is 8.29. The molecular formula is C17H21N3O5. The molecule has 2 atom stereocenters. The van der Waals surface area contributed by atoms with Gasteiger partial charge in [0.2, 0.25) is 5.91 Å². The number of aromatic nitrogens is 1. The normalized spacial score (nSPS) is 13.3. The summed E-state index contributed by atoms with van der Waals surface area (Å²) in [6, 6.07) is 5.58. The van der Waals surface area contributed by atoms with E-state index in [-0.39, 0.29) is 19.3 Å². The third-order valence-electron chi connectivity index (χ3n) is 4.04. The number of carbonyl (C=O) groups excluding carboxylic acids is 1. The van der Waals surface area contributed by atoms with Gasteiger partial charge in [0.15, 0.2) is 0 Å². The number of hydrogen-bond donors (Lipinski definition) is 5. The molecule has 0 aliphatic heterocycles. The summed E-state index contributed by atoms with van der Waals surface area (Å²) in [7, 11) is 1.49. The molecule has 5 N–H and O–H groups in total. The first kappa shape index (κ1) is 18.5. The lowest BCUT2D eigenvalue weighted by Crippen LogP contribution is -2.43. The number of hydrogen-bond acceptors (Lipinski definition) is 4. The fraction of sp³-hybridized carbons (Fsp3) is 0.353. The van der Waals surface area contributed by atoms with E-state index in [1.165, 1.54) is 7.05 Å². The summed E-state index contributed by atoms with van der Waals surface area (Å²) >= 11 is 0. The maximum atomic E-state index is 12.0. The molecule has 8 nitrogen and oxygen atoms in total. The Balaban J connectivity index is 2.00. The van der Waals surface area contributed by atoms with Crippen LogP contribution in [0.15, 0.2) is 30.5 Å². The number of amides is 1. The fourth-order valence-electron chi connectivity index (χ4n) is 2.65. The molecule has 0 aliphatic carbocycles. The number of carboxylic acid groups (broad SMARTS) is 2. The van der Waals surface area contributed by atoms with Gasteiger partial charge in [-0.3, -0.25) is 9.59 Å². The molecule has 2 rings (SSSR count). The number of carboxylic acids is 2.